The molecule has 1 aromatic carbocycles. The summed E-state index contributed by atoms with van der Waals surface area (Å²) in [6, 6.07) is 6.32. The Labute approximate surface area is 235 Å². The fraction of sp³-hybridized carbons (Fsp3) is 0.630. The smallest absolute Gasteiger partial charge is 0.411 e. The van der Waals surface area contributed by atoms with E-state index in [0.29, 0.717) is 31.2 Å². The summed E-state index contributed by atoms with van der Waals surface area (Å²) in [5, 5.41) is 5.89. The number of carbonyl (C=O) groups excluding carboxylic acids is 4. The van der Waals surface area contributed by atoms with Gasteiger partial charge in [-0.15, -0.1) is 0 Å². The first-order chi connectivity index (χ1) is 18.1. The number of piperazine rings is 1. The van der Waals surface area contributed by atoms with E-state index in [1.165, 1.54) is 4.90 Å². The molecule has 0 aromatic heterocycles. The van der Waals surface area contributed by atoms with Crippen LogP contribution >= 0.6 is 11.6 Å². The van der Waals surface area contributed by atoms with Crippen LogP contribution in [0.25, 0.3) is 0 Å². The molecule has 2 aliphatic rings. The molecule has 1 aromatic rings. The molecule has 2 saturated heterocycles. The van der Waals surface area contributed by atoms with Crippen LogP contribution in [0.15, 0.2) is 24.3 Å². The van der Waals surface area contributed by atoms with Gasteiger partial charge in [-0.05, 0) is 60.1 Å². The van der Waals surface area contributed by atoms with Gasteiger partial charge < -0.3 is 29.9 Å². The van der Waals surface area contributed by atoms with Gasteiger partial charge in [-0.25, -0.2) is 9.59 Å². The van der Waals surface area contributed by atoms with E-state index in [1.54, 1.807) is 46.4 Å². The number of para-hydroxylation sites is 1. The fourth-order valence-electron chi connectivity index (χ4n) is 4.53. The second-order valence-electron chi connectivity index (χ2n) is 11.8. The van der Waals surface area contributed by atoms with Crippen LogP contribution in [0.3, 0.4) is 0 Å². The van der Waals surface area contributed by atoms with Gasteiger partial charge in [-0.1, -0.05) is 23.7 Å². The van der Waals surface area contributed by atoms with Crippen LogP contribution in [-0.4, -0.2) is 96.4 Å². The van der Waals surface area contributed by atoms with Gasteiger partial charge in [0.2, 0.25) is 11.8 Å². The summed E-state index contributed by atoms with van der Waals surface area (Å²) < 4.78 is 10.7. The molecule has 0 unspecified atom stereocenters. The van der Waals surface area contributed by atoms with E-state index < -0.39 is 41.4 Å². The fourth-order valence-corrected chi connectivity index (χ4v) is 4.78. The topological polar surface area (TPSA) is 121 Å². The average molecular weight is 566 g/mol. The number of likely N-dealkylation sites (tertiary alicyclic amines) is 1. The van der Waals surface area contributed by atoms with Crippen molar-refractivity contribution in [3.8, 4) is 0 Å². The maximum Gasteiger partial charge on any atom is 0.411 e. The maximum atomic E-state index is 13.6. The minimum atomic E-state index is -0.782. The lowest BCUT2D eigenvalue weighted by Crippen LogP contribution is -2.55. The van der Waals surface area contributed by atoms with E-state index in [1.807, 2.05) is 24.3 Å². The summed E-state index contributed by atoms with van der Waals surface area (Å²) in [5.74, 6) is -0.639. The number of hydrogen-bond acceptors (Lipinski definition) is 7. The van der Waals surface area contributed by atoms with Crippen molar-refractivity contribution >= 4 is 41.3 Å². The zero-order chi connectivity index (χ0) is 29.0. The average Bonchev–Trinajstić information content (AvgIpc) is 3.24. The number of nitrogens with zero attached hydrogens (tertiary/aromatic N) is 3. The van der Waals surface area contributed by atoms with Crippen LogP contribution in [0.1, 0.15) is 48.0 Å². The highest BCUT2D eigenvalue weighted by atomic mass is 35.5. The highest BCUT2D eigenvalue weighted by Crippen LogP contribution is 2.28. The molecule has 0 spiro atoms. The van der Waals surface area contributed by atoms with Crippen molar-refractivity contribution in [2.24, 2.45) is 0 Å². The molecule has 2 N–H and O–H groups in total. The summed E-state index contributed by atoms with van der Waals surface area (Å²) >= 11 is 6.35. The zero-order valence-corrected chi connectivity index (χ0v) is 24.3. The first-order valence-electron chi connectivity index (χ1n) is 13.2. The molecule has 3 rings (SSSR count). The monoisotopic (exact) mass is 565 g/mol. The van der Waals surface area contributed by atoms with Gasteiger partial charge in [-0.2, -0.15) is 0 Å². The molecule has 0 aliphatic carbocycles. The number of rotatable bonds is 5. The lowest BCUT2D eigenvalue weighted by molar-refractivity contribution is -0.136. The number of carbonyl (C=O) groups is 4. The Bertz CT molecular complexity index is 1060. The van der Waals surface area contributed by atoms with Crippen LogP contribution < -0.4 is 15.5 Å². The van der Waals surface area contributed by atoms with Gasteiger partial charge in [0.05, 0.1) is 10.7 Å². The number of benzene rings is 1. The maximum absolute atomic E-state index is 13.6. The summed E-state index contributed by atoms with van der Waals surface area (Å²) in [7, 11) is 0. The third-order valence-corrected chi connectivity index (χ3v) is 6.48. The third kappa shape index (κ3) is 8.91. The number of alkyl carbamates (subject to hydrolysis) is 1. The Morgan fingerprint density at radius 1 is 0.949 bits per heavy atom. The van der Waals surface area contributed by atoms with Crippen LogP contribution in [0, 0.1) is 0 Å². The van der Waals surface area contributed by atoms with Crippen LogP contribution in [0.4, 0.5) is 15.3 Å². The lowest BCUT2D eigenvalue weighted by Gasteiger charge is -2.38. The molecule has 2 fully saturated rings. The normalized spacial score (nSPS) is 19.9. The summed E-state index contributed by atoms with van der Waals surface area (Å²) in [6.45, 7) is 12.4. The number of ether oxygens (including phenoxy) is 2. The molecule has 2 atom stereocenters. The molecule has 12 heteroatoms. The van der Waals surface area contributed by atoms with E-state index >= 15 is 0 Å². The molecular weight excluding hydrogens is 526 g/mol. The van der Waals surface area contributed by atoms with Crippen molar-refractivity contribution in [2.75, 3.05) is 44.2 Å². The number of nitrogens with one attached hydrogen (secondary N) is 2. The van der Waals surface area contributed by atoms with E-state index in [4.69, 9.17) is 21.1 Å². The molecule has 0 saturated carbocycles. The third-order valence-electron chi connectivity index (χ3n) is 6.16. The molecule has 216 valence electrons. The first kappa shape index (κ1) is 30.3. The van der Waals surface area contributed by atoms with Crippen molar-refractivity contribution in [3.05, 3.63) is 29.3 Å². The summed E-state index contributed by atoms with van der Waals surface area (Å²) in [5.41, 5.74) is -0.513. The highest BCUT2D eigenvalue weighted by molar-refractivity contribution is 6.33. The Morgan fingerprint density at radius 2 is 1.56 bits per heavy atom. The molecule has 0 radical (unpaired) electrons. The Morgan fingerprint density at radius 3 is 2.15 bits per heavy atom. The quantitative estimate of drug-likeness (QED) is 0.563. The number of anilines is 1. The van der Waals surface area contributed by atoms with Gasteiger partial charge in [0, 0.05) is 38.8 Å². The van der Waals surface area contributed by atoms with Crippen LogP contribution in [-0.2, 0) is 19.1 Å². The lowest BCUT2D eigenvalue weighted by atomic mass is 10.1. The number of hydrogen-bond donors (Lipinski definition) is 2. The van der Waals surface area contributed by atoms with Gasteiger partial charge in [0.25, 0.3) is 0 Å². The Kier molecular flexibility index (Phi) is 9.58. The van der Waals surface area contributed by atoms with E-state index in [-0.39, 0.29) is 25.4 Å². The van der Waals surface area contributed by atoms with Crippen molar-refractivity contribution < 1.29 is 28.7 Å². The van der Waals surface area contributed by atoms with Crippen molar-refractivity contribution in [2.45, 2.75) is 71.2 Å². The highest BCUT2D eigenvalue weighted by Gasteiger charge is 2.44. The molecule has 0 bridgehead atoms. The molecular formula is C27H40ClN5O6. The minimum Gasteiger partial charge on any atom is -0.444 e. The van der Waals surface area contributed by atoms with E-state index in [0.717, 1.165) is 5.69 Å². The SMILES string of the molecule is CC(C)(C)OC(=O)NCC(=O)N[C@@H]1C[C@@H](C(=O)N2CCN(c3ccccc3Cl)CC2)N(C(=O)OC(C)(C)C)C1. The van der Waals surface area contributed by atoms with Gasteiger partial charge in [0.1, 0.15) is 23.8 Å². The first-order valence-corrected chi connectivity index (χ1v) is 13.5. The van der Waals surface area contributed by atoms with Gasteiger partial charge in [0.15, 0.2) is 0 Å². The summed E-state index contributed by atoms with van der Waals surface area (Å²) in [4.78, 5) is 56.3. The van der Waals surface area contributed by atoms with E-state index in [2.05, 4.69) is 15.5 Å². The molecule has 39 heavy (non-hydrogen) atoms. The molecule has 2 heterocycles. The second-order valence-corrected chi connectivity index (χ2v) is 12.2. The van der Waals surface area contributed by atoms with Crippen LogP contribution in [0.5, 0.6) is 0 Å². The minimum absolute atomic E-state index is 0.114. The van der Waals surface area contributed by atoms with Crippen LogP contribution in [0.2, 0.25) is 5.02 Å². The van der Waals surface area contributed by atoms with Crippen molar-refractivity contribution in [1.29, 1.82) is 0 Å². The summed E-state index contributed by atoms with van der Waals surface area (Å²) in [6.07, 6.45) is -1.08. The largest absolute Gasteiger partial charge is 0.444 e. The molecule has 11 nitrogen and oxygen atoms in total. The van der Waals surface area contributed by atoms with Gasteiger partial charge >= 0.3 is 12.2 Å². The Hall–Kier alpha value is -3.21. The van der Waals surface area contributed by atoms with E-state index in [9.17, 15) is 19.2 Å². The van der Waals surface area contributed by atoms with Crippen molar-refractivity contribution in [3.63, 3.8) is 0 Å². The standard InChI is InChI=1S/C27H40ClN5O6/c1-26(2,3)38-24(36)29-16-22(34)30-18-15-21(33(17-18)25(37)39-27(4,5)6)23(35)32-13-11-31(12-14-32)20-10-8-7-9-19(20)28/h7-10,18,21H,11-17H2,1-6H3,(H,29,36)(H,30,34)/t18-,21+/m1/s1. The molecule has 4 amide bonds. The second kappa shape index (κ2) is 12.3. The Balaban J connectivity index is 1.63. The van der Waals surface area contributed by atoms with Gasteiger partial charge in [-0.3, -0.25) is 14.5 Å². The number of amides is 4. The predicted octanol–water partition coefficient (Wildman–Crippen LogP) is 3.01. The predicted molar refractivity (Wildman–Crippen MR) is 148 cm³/mol. The zero-order valence-electron chi connectivity index (χ0n) is 23.6. The number of halogens is 1. The van der Waals surface area contributed by atoms with Crippen molar-refractivity contribution in [1.82, 2.24) is 20.4 Å². The molecule has 2 aliphatic heterocycles.